The number of nitrogens with two attached hydrogens (primary N) is 1. The molecule has 0 radical (unpaired) electrons. The normalized spacial score (nSPS) is 19.6. The van der Waals surface area contributed by atoms with E-state index in [2.05, 4.69) is 4.98 Å². The molecule has 88 valence electrons. The molecule has 2 N–H and O–H groups in total. The molecule has 0 atom stereocenters. The number of thiazole rings is 1. The summed E-state index contributed by atoms with van der Waals surface area (Å²) in [7, 11) is 0. The SMILES string of the molecule is Cc1csc(CC(=O)C2(N)CCOCC2)n1. The Morgan fingerprint density at radius 2 is 2.31 bits per heavy atom. The van der Waals surface area contributed by atoms with Crippen LogP contribution in [0.1, 0.15) is 23.5 Å². The number of rotatable bonds is 3. The minimum absolute atomic E-state index is 0.0881. The smallest absolute Gasteiger partial charge is 0.159 e. The van der Waals surface area contributed by atoms with Gasteiger partial charge in [0.15, 0.2) is 5.78 Å². The molecule has 0 saturated carbocycles. The van der Waals surface area contributed by atoms with Crippen LogP contribution in [0.4, 0.5) is 0 Å². The van der Waals surface area contributed by atoms with Gasteiger partial charge in [0.05, 0.1) is 12.0 Å². The molecule has 0 amide bonds. The molecule has 0 unspecified atom stereocenters. The summed E-state index contributed by atoms with van der Waals surface area (Å²) in [6.07, 6.45) is 1.60. The third kappa shape index (κ3) is 2.48. The lowest BCUT2D eigenvalue weighted by atomic mass is 9.85. The highest BCUT2D eigenvalue weighted by atomic mass is 32.1. The molecule has 1 fully saturated rings. The highest BCUT2D eigenvalue weighted by Crippen LogP contribution is 2.21. The number of aryl methyl sites for hydroxylation is 1. The molecule has 1 aromatic heterocycles. The second kappa shape index (κ2) is 4.61. The van der Waals surface area contributed by atoms with E-state index in [9.17, 15) is 4.79 Å². The molecule has 1 saturated heterocycles. The highest BCUT2D eigenvalue weighted by Gasteiger charge is 2.35. The molecule has 1 aliphatic heterocycles. The lowest BCUT2D eigenvalue weighted by Crippen LogP contribution is -2.52. The zero-order valence-electron chi connectivity index (χ0n) is 9.36. The Morgan fingerprint density at radius 1 is 1.62 bits per heavy atom. The van der Waals surface area contributed by atoms with E-state index in [4.69, 9.17) is 10.5 Å². The van der Waals surface area contributed by atoms with Crippen molar-refractivity contribution in [3.05, 3.63) is 16.1 Å². The van der Waals surface area contributed by atoms with Crippen molar-refractivity contribution in [2.75, 3.05) is 13.2 Å². The van der Waals surface area contributed by atoms with Gasteiger partial charge in [-0.15, -0.1) is 11.3 Å². The van der Waals surface area contributed by atoms with Crippen LogP contribution in [0.15, 0.2) is 5.38 Å². The molecular formula is C11H16N2O2S. The van der Waals surface area contributed by atoms with Gasteiger partial charge in [0, 0.05) is 24.3 Å². The first-order valence-electron chi connectivity index (χ1n) is 5.41. The van der Waals surface area contributed by atoms with E-state index in [1.807, 2.05) is 12.3 Å². The van der Waals surface area contributed by atoms with Gasteiger partial charge in [-0.3, -0.25) is 4.79 Å². The third-order valence-electron chi connectivity index (χ3n) is 2.92. The molecule has 1 aliphatic rings. The van der Waals surface area contributed by atoms with Crippen LogP contribution in [-0.4, -0.2) is 29.5 Å². The van der Waals surface area contributed by atoms with Crippen LogP contribution in [0.2, 0.25) is 0 Å². The molecule has 0 aliphatic carbocycles. The fourth-order valence-electron chi connectivity index (χ4n) is 1.81. The number of hydrogen-bond acceptors (Lipinski definition) is 5. The number of aromatic nitrogens is 1. The van der Waals surface area contributed by atoms with Crippen molar-refractivity contribution >= 4 is 17.1 Å². The summed E-state index contributed by atoms with van der Waals surface area (Å²) in [4.78, 5) is 16.4. The summed E-state index contributed by atoms with van der Waals surface area (Å²) in [5.74, 6) is 0.0881. The monoisotopic (exact) mass is 240 g/mol. The second-order valence-electron chi connectivity index (χ2n) is 4.25. The van der Waals surface area contributed by atoms with Gasteiger partial charge in [0.2, 0.25) is 0 Å². The molecular weight excluding hydrogens is 224 g/mol. The predicted molar refractivity (Wildman–Crippen MR) is 62.5 cm³/mol. The molecule has 2 heterocycles. The van der Waals surface area contributed by atoms with E-state index >= 15 is 0 Å². The zero-order valence-corrected chi connectivity index (χ0v) is 10.2. The van der Waals surface area contributed by atoms with Crippen molar-refractivity contribution in [3.8, 4) is 0 Å². The van der Waals surface area contributed by atoms with E-state index in [1.165, 1.54) is 11.3 Å². The lowest BCUT2D eigenvalue weighted by Gasteiger charge is -2.31. The number of ketones is 1. The Hall–Kier alpha value is -0.780. The highest BCUT2D eigenvalue weighted by molar-refractivity contribution is 7.09. The fraction of sp³-hybridized carbons (Fsp3) is 0.636. The Bertz CT molecular complexity index is 383. The maximum Gasteiger partial charge on any atom is 0.159 e. The summed E-state index contributed by atoms with van der Waals surface area (Å²) < 4.78 is 5.22. The average molecular weight is 240 g/mol. The van der Waals surface area contributed by atoms with Crippen molar-refractivity contribution in [3.63, 3.8) is 0 Å². The number of carbonyl (C=O) groups is 1. The predicted octanol–water partition coefficient (Wildman–Crippen LogP) is 1.07. The Balaban J connectivity index is 2.01. The maximum atomic E-state index is 12.1. The summed E-state index contributed by atoms with van der Waals surface area (Å²) >= 11 is 1.52. The van der Waals surface area contributed by atoms with Gasteiger partial charge in [0.25, 0.3) is 0 Å². The van der Waals surface area contributed by atoms with Crippen LogP contribution in [-0.2, 0) is 16.0 Å². The third-order valence-corrected chi connectivity index (χ3v) is 3.89. The number of ether oxygens (including phenoxy) is 1. The Labute approximate surface area is 98.8 Å². The summed E-state index contributed by atoms with van der Waals surface area (Å²) in [6.45, 7) is 3.09. The quantitative estimate of drug-likeness (QED) is 0.858. The van der Waals surface area contributed by atoms with Crippen molar-refractivity contribution in [1.82, 2.24) is 4.98 Å². The molecule has 0 bridgehead atoms. The second-order valence-corrected chi connectivity index (χ2v) is 5.19. The lowest BCUT2D eigenvalue weighted by molar-refractivity contribution is -0.126. The number of Topliss-reactive ketones (excluding diaryl/α,β-unsaturated/α-hetero) is 1. The molecule has 0 spiro atoms. The number of hydrogen-bond donors (Lipinski definition) is 1. The fourth-order valence-corrected chi connectivity index (χ4v) is 2.58. The van der Waals surface area contributed by atoms with Crippen LogP contribution >= 0.6 is 11.3 Å². The van der Waals surface area contributed by atoms with Gasteiger partial charge >= 0.3 is 0 Å². The summed E-state index contributed by atoms with van der Waals surface area (Å²) in [5.41, 5.74) is 6.37. The topological polar surface area (TPSA) is 65.2 Å². The van der Waals surface area contributed by atoms with E-state index in [1.54, 1.807) is 0 Å². The van der Waals surface area contributed by atoms with Crippen molar-refractivity contribution < 1.29 is 9.53 Å². The van der Waals surface area contributed by atoms with Gasteiger partial charge < -0.3 is 10.5 Å². The molecule has 1 aromatic rings. The maximum absolute atomic E-state index is 12.1. The minimum Gasteiger partial charge on any atom is -0.381 e. The molecule has 16 heavy (non-hydrogen) atoms. The first-order valence-corrected chi connectivity index (χ1v) is 6.29. The molecule has 5 heteroatoms. The van der Waals surface area contributed by atoms with Gasteiger partial charge in [-0.25, -0.2) is 4.98 Å². The van der Waals surface area contributed by atoms with Crippen LogP contribution in [0.25, 0.3) is 0 Å². The van der Waals surface area contributed by atoms with Crippen molar-refractivity contribution in [1.29, 1.82) is 0 Å². The zero-order chi connectivity index (χ0) is 11.6. The molecule has 4 nitrogen and oxygen atoms in total. The van der Waals surface area contributed by atoms with Crippen LogP contribution in [0.3, 0.4) is 0 Å². The summed E-state index contributed by atoms with van der Waals surface area (Å²) in [6, 6.07) is 0. The largest absolute Gasteiger partial charge is 0.381 e. The number of carbonyl (C=O) groups excluding carboxylic acids is 1. The van der Waals surface area contributed by atoms with Crippen LogP contribution in [0.5, 0.6) is 0 Å². The standard InChI is InChI=1S/C11H16N2O2S/c1-8-7-16-10(13-8)6-9(14)11(12)2-4-15-5-3-11/h7H,2-6,12H2,1H3. The van der Waals surface area contributed by atoms with Crippen LogP contribution < -0.4 is 5.73 Å². The Kier molecular flexibility index (Phi) is 3.37. The van der Waals surface area contributed by atoms with Crippen molar-refractivity contribution in [2.24, 2.45) is 5.73 Å². The van der Waals surface area contributed by atoms with Gasteiger partial charge in [-0.2, -0.15) is 0 Å². The first kappa shape index (κ1) is 11.7. The van der Waals surface area contributed by atoms with E-state index < -0.39 is 5.54 Å². The average Bonchev–Trinajstić information content (AvgIpc) is 2.65. The number of nitrogens with zero attached hydrogens (tertiary/aromatic N) is 1. The van der Waals surface area contributed by atoms with Gasteiger partial charge in [-0.05, 0) is 19.8 Å². The summed E-state index contributed by atoms with van der Waals surface area (Å²) in [5, 5.41) is 2.81. The van der Waals surface area contributed by atoms with Gasteiger partial charge in [-0.1, -0.05) is 0 Å². The van der Waals surface area contributed by atoms with Crippen LogP contribution in [0, 0.1) is 6.92 Å². The molecule has 2 rings (SSSR count). The van der Waals surface area contributed by atoms with Gasteiger partial charge in [0.1, 0.15) is 5.01 Å². The van der Waals surface area contributed by atoms with E-state index in [0.717, 1.165) is 10.7 Å². The first-order chi connectivity index (χ1) is 7.60. The Morgan fingerprint density at radius 3 is 2.88 bits per heavy atom. The van der Waals surface area contributed by atoms with E-state index in [-0.39, 0.29) is 5.78 Å². The minimum atomic E-state index is -0.697. The van der Waals surface area contributed by atoms with Crippen molar-refractivity contribution in [2.45, 2.75) is 31.7 Å². The van der Waals surface area contributed by atoms with E-state index in [0.29, 0.717) is 32.5 Å². The molecule has 0 aromatic carbocycles.